The van der Waals surface area contributed by atoms with Gasteiger partial charge in [0.05, 0.1) is 11.9 Å². The van der Waals surface area contributed by atoms with Crippen molar-refractivity contribution in [2.75, 3.05) is 37.8 Å². The maximum Gasteiger partial charge on any atom is 0.224 e. The molecule has 6 heteroatoms. The monoisotopic (exact) mass is 255 g/mol. The van der Waals surface area contributed by atoms with Gasteiger partial charge in [-0.25, -0.2) is 4.98 Å². The van der Waals surface area contributed by atoms with Crippen molar-refractivity contribution in [2.24, 2.45) is 0 Å². The first-order valence-electron chi connectivity index (χ1n) is 5.77. The molecule has 0 aromatic carbocycles. The van der Waals surface area contributed by atoms with Gasteiger partial charge in [0, 0.05) is 19.1 Å². The lowest BCUT2D eigenvalue weighted by molar-refractivity contribution is 0.249. The minimum absolute atomic E-state index is 0.254. The number of hydrogen-bond donors (Lipinski definition) is 1. The summed E-state index contributed by atoms with van der Waals surface area (Å²) in [6.07, 6.45) is 3.81. The number of piperidine rings is 1. The second-order valence-corrected chi connectivity index (χ2v) is 4.94. The molecule has 0 saturated carbocycles. The standard InChI is InChI=1S/C11H18ClN5/c1-16(2)8-3-5-17(6-4-8)10-9(13)7-14-11(12)15-10/h7-8H,3-6,13H2,1-2H3. The molecule has 2 heterocycles. The lowest BCUT2D eigenvalue weighted by atomic mass is 10.0. The van der Waals surface area contributed by atoms with E-state index in [1.54, 1.807) is 6.20 Å². The summed E-state index contributed by atoms with van der Waals surface area (Å²) < 4.78 is 0. The van der Waals surface area contributed by atoms with Crippen LogP contribution < -0.4 is 10.6 Å². The van der Waals surface area contributed by atoms with Crippen LogP contribution in [0.25, 0.3) is 0 Å². The number of nitrogens with two attached hydrogens (primary N) is 1. The van der Waals surface area contributed by atoms with Crippen LogP contribution in [0.1, 0.15) is 12.8 Å². The Hall–Kier alpha value is -1.07. The zero-order valence-electron chi connectivity index (χ0n) is 10.2. The van der Waals surface area contributed by atoms with E-state index in [9.17, 15) is 0 Å². The fourth-order valence-electron chi connectivity index (χ4n) is 2.21. The summed E-state index contributed by atoms with van der Waals surface area (Å²) in [5.41, 5.74) is 6.47. The van der Waals surface area contributed by atoms with Gasteiger partial charge in [-0.3, -0.25) is 0 Å². The van der Waals surface area contributed by atoms with Gasteiger partial charge >= 0.3 is 0 Å². The quantitative estimate of drug-likeness (QED) is 0.806. The van der Waals surface area contributed by atoms with Crippen molar-refractivity contribution in [3.63, 3.8) is 0 Å². The molecule has 1 aliphatic rings. The summed E-state index contributed by atoms with van der Waals surface area (Å²) >= 11 is 5.80. The van der Waals surface area contributed by atoms with Crippen molar-refractivity contribution in [2.45, 2.75) is 18.9 Å². The molecule has 5 nitrogen and oxygen atoms in total. The zero-order valence-corrected chi connectivity index (χ0v) is 11.0. The van der Waals surface area contributed by atoms with Crippen LogP contribution >= 0.6 is 11.6 Å². The summed E-state index contributed by atoms with van der Waals surface area (Å²) in [4.78, 5) is 12.5. The smallest absolute Gasteiger partial charge is 0.224 e. The van der Waals surface area contributed by atoms with E-state index in [0.29, 0.717) is 11.7 Å². The predicted octanol–water partition coefficient (Wildman–Crippen LogP) is 1.24. The molecule has 94 valence electrons. The number of hydrogen-bond acceptors (Lipinski definition) is 5. The Labute approximate surface area is 107 Å². The fraction of sp³-hybridized carbons (Fsp3) is 0.636. The molecule has 2 rings (SSSR count). The highest BCUT2D eigenvalue weighted by atomic mass is 35.5. The molecule has 1 aliphatic heterocycles. The molecule has 0 radical (unpaired) electrons. The highest BCUT2D eigenvalue weighted by Gasteiger charge is 2.22. The second-order valence-electron chi connectivity index (χ2n) is 4.60. The molecular formula is C11H18ClN5. The number of halogens is 1. The van der Waals surface area contributed by atoms with Gasteiger partial charge in [0.1, 0.15) is 0 Å². The molecule has 0 amide bonds. The largest absolute Gasteiger partial charge is 0.394 e. The van der Waals surface area contributed by atoms with E-state index in [-0.39, 0.29) is 5.28 Å². The van der Waals surface area contributed by atoms with Gasteiger partial charge in [0.15, 0.2) is 5.82 Å². The zero-order chi connectivity index (χ0) is 12.4. The molecule has 0 spiro atoms. The van der Waals surface area contributed by atoms with E-state index in [2.05, 4.69) is 33.9 Å². The van der Waals surface area contributed by atoms with Crippen molar-refractivity contribution in [3.8, 4) is 0 Å². The first-order valence-corrected chi connectivity index (χ1v) is 6.15. The molecule has 0 atom stereocenters. The number of nitrogen functional groups attached to an aromatic ring is 1. The number of rotatable bonds is 2. The average molecular weight is 256 g/mol. The Balaban J connectivity index is 2.07. The van der Waals surface area contributed by atoms with Crippen LogP contribution in [-0.4, -0.2) is 48.1 Å². The van der Waals surface area contributed by atoms with Crippen molar-refractivity contribution in [1.29, 1.82) is 0 Å². The van der Waals surface area contributed by atoms with Crippen LogP contribution in [0.15, 0.2) is 6.20 Å². The minimum atomic E-state index is 0.254. The van der Waals surface area contributed by atoms with Gasteiger partial charge in [-0.05, 0) is 38.5 Å². The van der Waals surface area contributed by atoms with Crippen molar-refractivity contribution in [1.82, 2.24) is 14.9 Å². The summed E-state index contributed by atoms with van der Waals surface area (Å²) in [5.74, 6) is 0.766. The highest BCUT2D eigenvalue weighted by molar-refractivity contribution is 6.28. The predicted molar refractivity (Wildman–Crippen MR) is 70.4 cm³/mol. The second kappa shape index (κ2) is 5.06. The van der Waals surface area contributed by atoms with Gasteiger partial charge in [-0.2, -0.15) is 4.98 Å². The average Bonchev–Trinajstić information content (AvgIpc) is 2.32. The topological polar surface area (TPSA) is 58.3 Å². The van der Waals surface area contributed by atoms with Gasteiger partial charge in [0.25, 0.3) is 0 Å². The number of nitrogens with zero attached hydrogens (tertiary/aromatic N) is 4. The molecule has 0 aliphatic carbocycles. The molecule has 0 unspecified atom stereocenters. The minimum Gasteiger partial charge on any atom is -0.394 e. The molecular weight excluding hydrogens is 238 g/mol. The van der Waals surface area contributed by atoms with E-state index in [1.807, 2.05) is 0 Å². The van der Waals surface area contributed by atoms with Gasteiger partial charge < -0.3 is 15.5 Å². The third-order valence-electron chi connectivity index (χ3n) is 3.26. The molecule has 0 bridgehead atoms. The van der Waals surface area contributed by atoms with E-state index in [1.165, 1.54) is 0 Å². The third-order valence-corrected chi connectivity index (χ3v) is 3.44. The third kappa shape index (κ3) is 2.79. The Morgan fingerprint density at radius 2 is 2.06 bits per heavy atom. The number of aromatic nitrogens is 2. The molecule has 1 saturated heterocycles. The molecule has 1 aromatic rings. The van der Waals surface area contributed by atoms with Crippen LogP contribution in [0.4, 0.5) is 11.5 Å². The fourth-order valence-corrected chi connectivity index (χ4v) is 2.34. The molecule has 17 heavy (non-hydrogen) atoms. The number of anilines is 2. The summed E-state index contributed by atoms with van der Waals surface area (Å²) in [6, 6.07) is 0.643. The highest BCUT2D eigenvalue weighted by Crippen LogP contribution is 2.25. The summed E-state index contributed by atoms with van der Waals surface area (Å²) in [7, 11) is 4.24. The van der Waals surface area contributed by atoms with Gasteiger partial charge in [0.2, 0.25) is 5.28 Å². The van der Waals surface area contributed by atoms with Crippen LogP contribution in [0.3, 0.4) is 0 Å². The molecule has 1 fully saturated rings. The SMILES string of the molecule is CN(C)C1CCN(c2nc(Cl)ncc2N)CC1. The maximum absolute atomic E-state index is 5.88. The Morgan fingerprint density at radius 1 is 1.41 bits per heavy atom. The van der Waals surface area contributed by atoms with Crippen molar-refractivity contribution >= 4 is 23.1 Å². The Bertz CT molecular complexity index is 387. The Kier molecular flexibility index (Phi) is 3.69. The maximum atomic E-state index is 5.88. The lowest BCUT2D eigenvalue weighted by Gasteiger charge is -2.36. The lowest BCUT2D eigenvalue weighted by Crippen LogP contribution is -2.42. The van der Waals surface area contributed by atoms with Crippen LogP contribution in [0.2, 0.25) is 5.28 Å². The Morgan fingerprint density at radius 3 is 2.65 bits per heavy atom. The van der Waals surface area contributed by atoms with Crippen molar-refractivity contribution in [3.05, 3.63) is 11.5 Å². The van der Waals surface area contributed by atoms with Gasteiger partial charge in [-0.15, -0.1) is 0 Å². The van der Waals surface area contributed by atoms with Crippen LogP contribution in [0, 0.1) is 0 Å². The first kappa shape index (κ1) is 12.4. The van der Waals surface area contributed by atoms with E-state index in [4.69, 9.17) is 17.3 Å². The molecule has 1 aromatic heterocycles. The summed E-state index contributed by atoms with van der Waals surface area (Å²) in [6.45, 7) is 1.92. The summed E-state index contributed by atoms with van der Waals surface area (Å²) in [5, 5.41) is 0.254. The van der Waals surface area contributed by atoms with E-state index in [0.717, 1.165) is 31.7 Å². The van der Waals surface area contributed by atoms with Crippen LogP contribution in [-0.2, 0) is 0 Å². The van der Waals surface area contributed by atoms with E-state index < -0.39 is 0 Å². The molecule has 2 N–H and O–H groups in total. The van der Waals surface area contributed by atoms with E-state index >= 15 is 0 Å². The van der Waals surface area contributed by atoms with Crippen molar-refractivity contribution < 1.29 is 0 Å². The first-order chi connectivity index (χ1) is 8.08. The van der Waals surface area contributed by atoms with Gasteiger partial charge in [-0.1, -0.05) is 0 Å². The van der Waals surface area contributed by atoms with Crippen LogP contribution in [0.5, 0.6) is 0 Å². The normalized spacial score (nSPS) is 17.8.